The minimum atomic E-state index is -0.403. The van der Waals surface area contributed by atoms with Gasteiger partial charge in [-0.2, -0.15) is 0 Å². The van der Waals surface area contributed by atoms with Crippen LogP contribution in [0.2, 0.25) is 0 Å². The molecular weight excluding hydrogens is 382 g/mol. The first kappa shape index (κ1) is 19.0. The van der Waals surface area contributed by atoms with Crippen LogP contribution in [0.25, 0.3) is 0 Å². The summed E-state index contributed by atoms with van der Waals surface area (Å²) in [5.74, 6) is 0.296. The fraction of sp³-hybridized carbons (Fsp3) is 0.792. The van der Waals surface area contributed by atoms with Gasteiger partial charge in [0, 0.05) is 42.6 Å². The molecule has 1 amide bonds. The number of hydrogen-bond acceptors (Lipinski definition) is 5. The van der Waals surface area contributed by atoms with Crippen molar-refractivity contribution in [2.75, 3.05) is 7.05 Å². The lowest BCUT2D eigenvalue weighted by atomic mass is 9.43. The standard InChI is InChI=1S/C24H31NO5/c1-21-7-4-14(26)10-13(21)11-15(20(28)25-3)19-16-5-8-23(9-6-18(27)30-23)22(16,2)12-17-24(19,21)29-17/h10,15-17,19H,4-9,11-12H2,1-3H3,(H,25,28)/t15-,16?,17-,19?,21+,22+,23-,24-/m1/s1. The zero-order valence-corrected chi connectivity index (χ0v) is 18.1. The van der Waals surface area contributed by atoms with Gasteiger partial charge in [-0.25, -0.2) is 0 Å². The number of carbonyl (C=O) groups excluding carboxylic acids is 3. The maximum atomic E-state index is 13.1. The normalized spacial score (nSPS) is 53.2. The second-order valence-corrected chi connectivity index (χ2v) is 11.1. The SMILES string of the molecule is CNC(=O)[C@@H]1CC2=CC(=O)CC[C@]2(C)[C@@]23O[C@@H]2C[C@@]2(C)C(CC[C@@]24CCC(=O)O4)C13. The average molecular weight is 414 g/mol. The molecule has 2 saturated heterocycles. The van der Waals surface area contributed by atoms with Gasteiger partial charge in [-0.05, 0) is 50.5 Å². The van der Waals surface area contributed by atoms with E-state index in [9.17, 15) is 14.4 Å². The van der Waals surface area contributed by atoms with E-state index in [-0.39, 0.29) is 57.9 Å². The molecule has 0 aromatic carbocycles. The predicted molar refractivity (Wildman–Crippen MR) is 107 cm³/mol. The molecule has 5 fully saturated rings. The number of ketones is 1. The molecule has 0 aromatic heterocycles. The summed E-state index contributed by atoms with van der Waals surface area (Å²) in [6.45, 7) is 4.55. The van der Waals surface area contributed by atoms with E-state index >= 15 is 0 Å². The lowest BCUT2D eigenvalue weighted by molar-refractivity contribution is -0.167. The molecule has 3 saturated carbocycles. The molecule has 2 unspecified atom stereocenters. The van der Waals surface area contributed by atoms with Crippen molar-refractivity contribution in [2.24, 2.45) is 28.6 Å². The first-order valence-electron chi connectivity index (χ1n) is 11.6. The van der Waals surface area contributed by atoms with Gasteiger partial charge < -0.3 is 14.8 Å². The van der Waals surface area contributed by atoms with E-state index in [0.717, 1.165) is 37.7 Å². The third-order valence-electron chi connectivity index (χ3n) is 10.3. The van der Waals surface area contributed by atoms with Crippen molar-refractivity contribution in [3.05, 3.63) is 11.6 Å². The topological polar surface area (TPSA) is 85.0 Å². The molecule has 6 aliphatic rings. The van der Waals surface area contributed by atoms with Crippen LogP contribution in [0.1, 0.15) is 65.2 Å². The molecule has 6 rings (SSSR count). The number of nitrogens with one attached hydrogen (secondary N) is 1. The summed E-state index contributed by atoms with van der Waals surface area (Å²) in [6.07, 6.45) is 7.86. The Hall–Kier alpha value is -1.69. The minimum absolute atomic E-state index is 0.0446. The number of esters is 1. The van der Waals surface area contributed by atoms with Gasteiger partial charge in [0.15, 0.2) is 5.78 Å². The summed E-state index contributed by atoms with van der Waals surface area (Å²) in [5.41, 5.74) is -0.0188. The van der Waals surface area contributed by atoms with Gasteiger partial charge in [0.25, 0.3) is 0 Å². The molecular formula is C24H31NO5. The van der Waals surface area contributed by atoms with Crippen molar-refractivity contribution < 1.29 is 23.9 Å². The first-order valence-corrected chi connectivity index (χ1v) is 11.6. The second kappa shape index (κ2) is 5.56. The number of fused-ring (bicyclic) bond motifs is 4. The fourth-order valence-electron chi connectivity index (χ4n) is 8.75. The van der Waals surface area contributed by atoms with Crippen molar-refractivity contribution in [3.63, 3.8) is 0 Å². The summed E-state index contributed by atoms with van der Waals surface area (Å²) in [4.78, 5) is 37.5. The third kappa shape index (κ3) is 1.94. The van der Waals surface area contributed by atoms with Crippen LogP contribution < -0.4 is 5.32 Å². The van der Waals surface area contributed by atoms with Crippen molar-refractivity contribution in [2.45, 2.75) is 82.5 Å². The Kier molecular flexibility index (Phi) is 3.53. The zero-order chi connectivity index (χ0) is 21.1. The van der Waals surface area contributed by atoms with Gasteiger partial charge in [-0.1, -0.05) is 19.4 Å². The summed E-state index contributed by atoms with van der Waals surface area (Å²) in [5, 5.41) is 2.89. The van der Waals surface area contributed by atoms with Crippen molar-refractivity contribution >= 4 is 17.7 Å². The van der Waals surface area contributed by atoms with E-state index in [1.165, 1.54) is 0 Å². The van der Waals surface area contributed by atoms with Crippen LogP contribution in [0.15, 0.2) is 11.6 Å². The molecule has 0 radical (unpaired) electrons. The number of rotatable bonds is 1. The highest BCUT2D eigenvalue weighted by Crippen LogP contribution is 2.78. The van der Waals surface area contributed by atoms with Gasteiger partial charge in [-0.3, -0.25) is 14.4 Å². The molecule has 4 aliphatic carbocycles. The zero-order valence-electron chi connectivity index (χ0n) is 18.1. The molecule has 0 aromatic rings. The Morgan fingerprint density at radius 3 is 2.67 bits per heavy atom. The Labute approximate surface area is 177 Å². The molecule has 1 N–H and O–H groups in total. The molecule has 2 aliphatic heterocycles. The molecule has 2 heterocycles. The van der Waals surface area contributed by atoms with E-state index in [1.54, 1.807) is 7.05 Å². The molecule has 6 nitrogen and oxygen atoms in total. The summed E-state index contributed by atoms with van der Waals surface area (Å²) in [7, 11) is 1.70. The average Bonchev–Trinajstić information content (AvgIpc) is 3.20. The number of ether oxygens (including phenoxy) is 2. The lowest BCUT2D eigenvalue weighted by Crippen LogP contribution is -2.63. The molecule has 162 valence electrons. The van der Waals surface area contributed by atoms with Crippen LogP contribution in [0, 0.1) is 28.6 Å². The largest absolute Gasteiger partial charge is 0.458 e. The highest BCUT2D eigenvalue weighted by Gasteiger charge is 2.83. The number of epoxide rings is 1. The quantitative estimate of drug-likeness (QED) is 0.528. The molecule has 2 spiro atoms. The molecule has 8 atom stereocenters. The summed E-state index contributed by atoms with van der Waals surface area (Å²) in [6, 6.07) is 0. The third-order valence-corrected chi connectivity index (χ3v) is 10.3. The predicted octanol–water partition coefficient (Wildman–Crippen LogP) is 2.70. The molecule has 6 heteroatoms. The highest BCUT2D eigenvalue weighted by atomic mass is 16.6. The Morgan fingerprint density at radius 1 is 1.17 bits per heavy atom. The minimum Gasteiger partial charge on any atom is -0.458 e. The van der Waals surface area contributed by atoms with Crippen LogP contribution >= 0.6 is 0 Å². The van der Waals surface area contributed by atoms with Gasteiger partial charge in [0.1, 0.15) is 11.2 Å². The van der Waals surface area contributed by atoms with E-state index in [0.29, 0.717) is 19.3 Å². The van der Waals surface area contributed by atoms with Crippen LogP contribution in [0.5, 0.6) is 0 Å². The van der Waals surface area contributed by atoms with E-state index in [2.05, 4.69) is 19.2 Å². The first-order chi connectivity index (χ1) is 14.2. The molecule has 0 bridgehead atoms. The smallest absolute Gasteiger partial charge is 0.306 e. The van der Waals surface area contributed by atoms with Crippen LogP contribution in [0.4, 0.5) is 0 Å². The maximum absolute atomic E-state index is 13.1. The Morgan fingerprint density at radius 2 is 1.97 bits per heavy atom. The molecule has 30 heavy (non-hydrogen) atoms. The van der Waals surface area contributed by atoms with Crippen LogP contribution in [-0.2, 0) is 23.9 Å². The van der Waals surface area contributed by atoms with E-state index in [4.69, 9.17) is 9.47 Å². The van der Waals surface area contributed by atoms with Crippen molar-refractivity contribution in [1.82, 2.24) is 5.32 Å². The van der Waals surface area contributed by atoms with Crippen molar-refractivity contribution in [1.29, 1.82) is 0 Å². The summed E-state index contributed by atoms with van der Waals surface area (Å²) < 4.78 is 12.7. The summed E-state index contributed by atoms with van der Waals surface area (Å²) >= 11 is 0. The van der Waals surface area contributed by atoms with Gasteiger partial charge >= 0.3 is 5.97 Å². The Balaban J connectivity index is 1.49. The maximum Gasteiger partial charge on any atom is 0.306 e. The van der Waals surface area contributed by atoms with E-state index < -0.39 is 5.60 Å². The number of amides is 1. The van der Waals surface area contributed by atoms with Crippen LogP contribution in [0.3, 0.4) is 0 Å². The van der Waals surface area contributed by atoms with E-state index in [1.807, 2.05) is 6.08 Å². The number of hydrogen-bond donors (Lipinski definition) is 1. The fourth-order valence-corrected chi connectivity index (χ4v) is 8.75. The lowest BCUT2D eigenvalue weighted by Gasteiger charge is -2.58. The van der Waals surface area contributed by atoms with Gasteiger partial charge in [-0.15, -0.1) is 0 Å². The highest BCUT2D eigenvalue weighted by molar-refractivity contribution is 5.92. The number of carbonyl (C=O) groups is 3. The Bertz CT molecular complexity index is 911. The van der Waals surface area contributed by atoms with Gasteiger partial charge in [0.05, 0.1) is 6.10 Å². The van der Waals surface area contributed by atoms with Crippen LogP contribution in [-0.4, -0.2) is 42.0 Å². The van der Waals surface area contributed by atoms with Gasteiger partial charge in [0.2, 0.25) is 5.91 Å². The second-order valence-electron chi connectivity index (χ2n) is 11.1. The van der Waals surface area contributed by atoms with Crippen molar-refractivity contribution in [3.8, 4) is 0 Å². The monoisotopic (exact) mass is 413 g/mol.